The van der Waals surface area contributed by atoms with Crippen molar-refractivity contribution in [1.29, 1.82) is 0 Å². The van der Waals surface area contributed by atoms with Gasteiger partial charge in [0.15, 0.2) is 0 Å². The first-order valence-electron chi connectivity index (χ1n) is 6.76. The van der Waals surface area contributed by atoms with Crippen molar-refractivity contribution in [1.82, 2.24) is 9.88 Å². The third-order valence-electron chi connectivity index (χ3n) is 3.60. The minimum absolute atomic E-state index is 0.0293. The van der Waals surface area contributed by atoms with Crippen LogP contribution in [0.5, 0.6) is 0 Å². The molecule has 0 radical (unpaired) electrons. The van der Waals surface area contributed by atoms with E-state index in [0.29, 0.717) is 19.4 Å². The summed E-state index contributed by atoms with van der Waals surface area (Å²) >= 11 is 5.91. The zero-order valence-corrected chi connectivity index (χ0v) is 12.1. The molecule has 0 saturated carbocycles. The van der Waals surface area contributed by atoms with Crippen LogP contribution in [0, 0.1) is 10.1 Å². The lowest BCUT2D eigenvalue weighted by Crippen LogP contribution is -2.36. The van der Waals surface area contributed by atoms with Crippen molar-refractivity contribution in [2.24, 2.45) is 0 Å². The van der Waals surface area contributed by atoms with Crippen LogP contribution in [0.3, 0.4) is 0 Å². The van der Waals surface area contributed by atoms with Crippen LogP contribution < -0.4 is 0 Å². The van der Waals surface area contributed by atoms with Gasteiger partial charge in [-0.05, 0) is 25.7 Å². The molecule has 1 aromatic rings. The number of nitro groups is 1. The molecule has 1 aliphatic heterocycles. The van der Waals surface area contributed by atoms with Crippen LogP contribution in [0.25, 0.3) is 0 Å². The Kier molecular flexibility index (Phi) is 5.08. The van der Waals surface area contributed by atoms with Crippen molar-refractivity contribution in [2.45, 2.75) is 31.7 Å². The molecule has 2 heterocycles. The summed E-state index contributed by atoms with van der Waals surface area (Å²) in [5.41, 5.74) is -0.198. The predicted molar refractivity (Wildman–Crippen MR) is 76.3 cm³/mol. The molecule has 1 aromatic heterocycles. The van der Waals surface area contributed by atoms with Gasteiger partial charge in [-0.3, -0.25) is 14.9 Å². The maximum absolute atomic E-state index is 12.5. The Morgan fingerprint density at radius 3 is 3.05 bits per heavy atom. The Morgan fingerprint density at radius 1 is 1.62 bits per heavy atom. The molecular formula is C13H16ClN3O4. The lowest BCUT2D eigenvalue weighted by atomic mass is 10.1. The maximum Gasteiger partial charge on any atom is 0.288 e. The summed E-state index contributed by atoms with van der Waals surface area (Å²) in [7, 11) is 0. The number of pyridine rings is 1. The summed E-state index contributed by atoms with van der Waals surface area (Å²) in [5.74, 6) is -0.336. The molecule has 1 saturated heterocycles. The number of nitrogens with zero attached hydrogens (tertiary/aromatic N) is 3. The number of halogens is 1. The highest BCUT2D eigenvalue weighted by atomic mass is 35.5. The molecule has 0 aromatic carbocycles. The summed E-state index contributed by atoms with van der Waals surface area (Å²) in [4.78, 5) is 28.1. The second-order valence-corrected chi connectivity index (χ2v) is 5.31. The van der Waals surface area contributed by atoms with Gasteiger partial charge >= 0.3 is 0 Å². The number of hydrogen-bond donors (Lipinski definition) is 1. The summed E-state index contributed by atoms with van der Waals surface area (Å²) in [6, 6.07) is 1.21. The normalized spacial score (nSPS) is 18.0. The SMILES string of the molecule is O=C(c1cc([N+](=O)[O-])cnc1Cl)N1CCCC1CCCO. The van der Waals surface area contributed by atoms with Crippen LogP contribution in [-0.2, 0) is 0 Å². The van der Waals surface area contributed by atoms with Gasteiger partial charge in [0.2, 0.25) is 0 Å². The van der Waals surface area contributed by atoms with E-state index in [0.717, 1.165) is 19.0 Å². The lowest BCUT2D eigenvalue weighted by molar-refractivity contribution is -0.385. The quantitative estimate of drug-likeness (QED) is 0.509. The van der Waals surface area contributed by atoms with Crippen molar-refractivity contribution in [3.63, 3.8) is 0 Å². The largest absolute Gasteiger partial charge is 0.396 e. The molecule has 21 heavy (non-hydrogen) atoms. The molecule has 1 atom stereocenters. The Labute approximate surface area is 126 Å². The first-order valence-corrected chi connectivity index (χ1v) is 7.14. The van der Waals surface area contributed by atoms with Crippen molar-refractivity contribution in [3.8, 4) is 0 Å². The molecule has 0 spiro atoms. The molecule has 1 unspecified atom stereocenters. The molecule has 1 aliphatic rings. The van der Waals surface area contributed by atoms with E-state index in [4.69, 9.17) is 16.7 Å². The fourth-order valence-corrected chi connectivity index (χ4v) is 2.76. The van der Waals surface area contributed by atoms with Crippen LogP contribution in [0.15, 0.2) is 12.3 Å². The Balaban J connectivity index is 2.22. The summed E-state index contributed by atoms with van der Waals surface area (Å²) in [6.07, 6.45) is 4.11. The number of carbonyl (C=O) groups excluding carboxylic acids is 1. The van der Waals surface area contributed by atoms with E-state index in [1.165, 1.54) is 6.07 Å². The van der Waals surface area contributed by atoms with Crippen molar-refractivity contribution >= 4 is 23.2 Å². The van der Waals surface area contributed by atoms with E-state index >= 15 is 0 Å². The van der Waals surface area contributed by atoms with Gasteiger partial charge in [0.25, 0.3) is 11.6 Å². The van der Waals surface area contributed by atoms with Crippen LogP contribution in [0.1, 0.15) is 36.0 Å². The average Bonchev–Trinajstić information content (AvgIpc) is 2.93. The van der Waals surface area contributed by atoms with E-state index in [-0.39, 0.29) is 35.0 Å². The number of aliphatic hydroxyl groups excluding tert-OH is 1. The van der Waals surface area contributed by atoms with E-state index in [9.17, 15) is 14.9 Å². The number of carbonyl (C=O) groups is 1. The van der Waals surface area contributed by atoms with E-state index in [2.05, 4.69) is 4.98 Å². The second-order valence-electron chi connectivity index (χ2n) is 4.95. The van der Waals surface area contributed by atoms with Gasteiger partial charge < -0.3 is 10.0 Å². The minimum atomic E-state index is -0.604. The molecule has 0 bridgehead atoms. The zero-order chi connectivity index (χ0) is 15.4. The number of rotatable bonds is 5. The average molecular weight is 314 g/mol. The van der Waals surface area contributed by atoms with Gasteiger partial charge in [0.05, 0.1) is 10.5 Å². The van der Waals surface area contributed by atoms with Crippen LogP contribution in [-0.4, -0.2) is 45.0 Å². The van der Waals surface area contributed by atoms with Crippen LogP contribution in [0.2, 0.25) is 5.15 Å². The lowest BCUT2D eigenvalue weighted by Gasteiger charge is -2.24. The number of likely N-dealkylation sites (tertiary alicyclic amines) is 1. The topological polar surface area (TPSA) is 96.6 Å². The number of hydrogen-bond acceptors (Lipinski definition) is 5. The molecule has 1 amide bonds. The summed E-state index contributed by atoms with van der Waals surface area (Å²) < 4.78 is 0. The van der Waals surface area contributed by atoms with E-state index < -0.39 is 4.92 Å². The standard InChI is InChI=1S/C13H16ClN3O4/c14-12-11(7-10(8-15-12)17(20)21)13(19)16-5-1-3-9(16)4-2-6-18/h7-9,18H,1-6H2. The Hall–Kier alpha value is -1.73. The molecule has 7 nitrogen and oxygen atoms in total. The second kappa shape index (κ2) is 6.82. The van der Waals surface area contributed by atoms with Crippen LogP contribution in [0.4, 0.5) is 5.69 Å². The van der Waals surface area contributed by atoms with Gasteiger partial charge in [-0.2, -0.15) is 0 Å². The highest BCUT2D eigenvalue weighted by Crippen LogP contribution is 2.27. The van der Waals surface area contributed by atoms with Crippen molar-refractivity contribution in [3.05, 3.63) is 33.1 Å². The molecule has 0 aliphatic carbocycles. The third kappa shape index (κ3) is 3.48. The molecule has 2 rings (SSSR count). The maximum atomic E-state index is 12.5. The monoisotopic (exact) mass is 313 g/mol. The molecular weight excluding hydrogens is 298 g/mol. The molecule has 8 heteroatoms. The van der Waals surface area contributed by atoms with Gasteiger partial charge in [0, 0.05) is 25.3 Å². The van der Waals surface area contributed by atoms with E-state index in [1.54, 1.807) is 4.90 Å². The third-order valence-corrected chi connectivity index (χ3v) is 3.90. The van der Waals surface area contributed by atoms with Gasteiger partial charge in [-0.15, -0.1) is 0 Å². The summed E-state index contributed by atoms with van der Waals surface area (Å²) in [5, 5.41) is 19.7. The fraction of sp³-hybridized carbons (Fsp3) is 0.538. The molecule has 1 N–H and O–H groups in total. The first kappa shape index (κ1) is 15.7. The summed E-state index contributed by atoms with van der Waals surface area (Å²) in [6.45, 7) is 0.672. The number of aliphatic hydroxyl groups is 1. The molecule has 1 fully saturated rings. The van der Waals surface area contributed by atoms with Crippen molar-refractivity contribution in [2.75, 3.05) is 13.2 Å². The van der Waals surface area contributed by atoms with E-state index in [1.807, 2.05) is 0 Å². The van der Waals surface area contributed by atoms with Crippen LogP contribution >= 0.6 is 11.6 Å². The molecule has 114 valence electrons. The zero-order valence-electron chi connectivity index (χ0n) is 11.4. The van der Waals surface area contributed by atoms with Gasteiger partial charge in [-0.25, -0.2) is 4.98 Å². The first-order chi connectivity index (χ1) is 10.0. The smallest absolute Gasteiger partial charge is 0.288 e. The fourth-order valence-electron chi connectivity index (χ4n) is 2.57. The highest BCUT2D eigenvalue weighted by molar-refractivity contribution is 6.32. The predicted octanol–water partition coefficient (Wildman–Crippen LogP) is 2.02. The van der Waals surface area contributed by atoms with Gasteiger partial charge in [0.1, 0.15) is 11.3 Å². The van der Waals surface area contributed by atoms with Gasteiger partial charge in [-0.1, -0.05) is 11.6 Å². The number of aromatic nitrogens is 1. The Bertz CT molecular complexity index is 552. The minimum Gasteiger partial charge on any atom is -0.396 e. The van der Waals surface area contributed by atoms with Crippen molar-refractivity contribution < 1.29 is 14.8 Å². The number of amides is 1. The Morgan fingerprint density at radius 2 is 2.38 bits per heavy atom. The highest BCUT2D eigenvalue weighted by Gasteiger charge is 2.31.